The first-order valence-electron chi connectivity index (χ1n) is 14.5. The van der Waals surface area contributed by atoms with Gasteiger partial charge in [-0.15, -0.1) is 0 Å². The van der Waals surface area contributed by atoms with E-state index in [1.165, 1.54) is 61.7 Å². The van der Waals surface area contributed by atoms with Gasteiger partial charge in [0.05, 0.1) is 5.69 Å². The van der Waals surface area contributed by atoms with E-state index in [1.54, 1.807) is 37.3 Å². The van der Waals surface area contributed by atoms with Crippen LogP contribution in [0.15, 0.2) is 90.2 Å². The lowest BCUT2D eigenvalue weighted by Crippen LogP contribution is -2.30. The smallest absolute Gasteiger partial charge is 0.264 e. The molecule has 5 aromatic rings. The minimum Gasteiger partial charge on any atom is -0.347 e. The number of halogens is 1. The normalized spacial score (nSPS) is 14.7. The Morgan fingerprint density at radius 2 is 1.70 bits per heavy atom. The maximum Gasteiger partial charge on any atom is 0.264 e. The number of aromatic nitrogens is 3. The molecule has 2 N–H and O–H groups in total. The molecule has 1 saturated heterocycles. The van der Waals surface area contributed by atoms with Gasteiger partial charge >= 0.3 is 0 Å². The zero-order chi connectivity index (χ0) is 30.0. The van der Waals surface area contributed by atoms with Crippen LogP contribution >= 0.6 is 0 Å². The molecule has 0 atom stereocenters. The molecule has 8 nitrogen and oxygen atoms in total. The molecule has 0 bridgehead atoms. The molecule has 1 aliphatic heterocycles. The average molecular weight is 599 g/mol. The molecule has 0 radical (unpaired) electrons. The van der Waals surface area contributed by atoms with Gasteiger partial charge in [0.2, 0.25) is 0 Å². The lowest BCUT2D eigenvalue weighted by molar-refractivity contribution is 0.208. The van der Waals surface area contributed by atoms with Crippen molar-refractivity contribution in [3.63, 3.8) is 0 Å². The topological polar surface area (TPSA) is 92.2 Å². The summed E-state index contributed by atoms with van der Waals surface area (Å²) in [4.78, 5) is 10.9. The van der Waals surface area contributed by atoms with E-state index in [1.807, 2.05) is 6.07 Å². The molecule has 3 heterocycles. The van der Waals surface area contributed by atoms with E-state index in [-0.39, 0.29) is 0 Å². The summed E-state index contributed by atoms with van der Waals surface area (Å²) in [7, 11) is -1.86. The summed E-state index contributed by atoms with van der Waals surface area (Å²) in [6.45, 7) is 5.12. The quantitative estimate of drug-likeness (QED) is 0.193. The van der Waals surface area contributed by atoms with Crippen LogP contribution in [-0.4, -0.2) is 48.0 Å². The summed E-state index contributed by atoms with van der Waals surface area (Å²) < 4.78 is 44.4. The molecular weight excluding hydrogens is 563 g/mol. The molecule has 0 unspecified atom stereocenters. The van der Waals surface area contributed by atoms with E-state index in [4.69, 9.17) is 0 Å². The number of rotatable bonds is 9. The number of piperidine rings is 1. The van der Waals surface area contributed by atoms with Gasteiger partial charge in [0.15, 0.2) is 0 Å². The zero-order valence-electron chi connectivity index (χ0n) is 24.3. The number of hydrogen-bond acceptors (Lipinski definition) is 6. The van der Waals surface area contributed by atoms with Crippen molar-refractivity contribution in [1.82, 2.24) is 19.4 Å². The third kappa shape index (κ3) is 6.71. The first-order chi connectivity index (χ1) is 20.7. The molecule has 3 aromatic carbocycles. The van der Waals surface area contributed by atoms with E-state index in [0.29, 0.717) is 22.8 Å². The largest absolute Gasteiger partial charge is 0.347 e. The highest BCUT2D eigenvalue weighted by molar-refractivity contribution is 7.92. The van der Waals surface area contributed by atoms with Crippen LogP contribution in [0.2, 0.25) is 0 Å². The van der Waals surface area contributed by atoms with Crippen molar-refractivity contribution in [3.05, 3.63) is 96.7 Å². The summed E-state index contributed by atoms with van der Waals surface area (Å²) in [5, 5.41) is 4.43. The second-order valence-electron chi connectivity index (χ2n) is 11.3. The molecule has 0 saturated carbocycles. The SMILES string of the molecule is Cc1ccc(S(=O)(=O)Nc2ccc(Nc3cc(-c4ccc5c(ccn5CCC5CCN(C)CC5)c4)ncn3)cc2)c(F)c1. The Morgan fingerprint density at radius 1 is 0.930 bits per heavy atom. The number of aryl methyl sites for hydroxylation is 2. The van der Waals surface area contributed by atoms with Crippen molar-refractivity contribution in [3.8, 4) is 11.3 Å². The van der Waals surface area contributed by atoms with Gasteiger partial charge in [-0.1, -0.05) is 12.1 Å². The second-order valence-corrected chi connectivity index (χ2v) is 13.0. The minimum atomic E-state index is -4.06. The molecule has 43 heavy (non-hydrogen) atoms. The van der Waals surface area contributed by atoms with E-state index >= 15 is 0 Å². The fourth-order valence-electron chi connectivity index (χ4n) is 5.61. The summed E-state index contributed by atoms with van der Waals surface area (Å²) in [6.07, 6.45) is 7.47. The predicted octanol–water partition coefficient (Wildman–Crippen LogP) is 6.82. The number of anilines is 3. The van der Waals surface area contributed by atoms with Crippen LogP contribution in [0.1, 0.15) is 24.8 Å². The standard InChI is InChI=1S/C33H35FN6O2S/c1-23-3-10-32(29(34)19-23)43(41,42)38-28-7-5-27(6-8-28)37-33-21-30(35-22-36-33)25-4-9-31-26(20-25)14-18-40(31)17-13-24-11-15-39(2)16-12-24/h3-10,14,18-22,24,38H,11-13,15-17H2,1-2H3,(H,35,36,37). The van der Waals surface area contributed by atoms with E-state index in [0.717, 1.165) is 23.7 Å². The Labute approximate surface area is 251 Å². The minimum absolute atomic E-state index is 0.320. The van der Waals surface area contributed by atoms with E-state index in [9.17, 15) is 12.8 Å². The van der Waals surface area contributed by atoms with Crippen molar-refractivity contribution in [2.24, 2.45) is 5.92 Å². The van der Waals surface area contributed by atoms with E-state index in [2.05, 4.69) is 67.0 Å². The Morgan fingerprint density at radius 3 is 2.47 bits per heavy atom. The van der Waals surface area contributed by atoms with Crippen LogP contribution in [0.3, 0.4) is 0 Å². The Kier molecular flexibility index (Phi) is 8.14. The van der Waals surface area contributed by atoms with Crippen LogP contribution in [0.25, 0.3) is 22.2 Å². The van der Waals surface area contributed by atoms with Crippen molar-refractivity contribution in [1.29, 1.82) is 0 Å². The summed E-state index contributed by atoms with van der Waals surface area (Å²) in [5.74, 6) is 0.615. The predicted molar refractivity (Wildman–Crippen MR) is 169 cm³/mol. The summed E-state index contributed by atoms with van der Waals surface area (Å²) in [5.41, 5.74) is 4.70. The molecule has 1 fully saturated rings. The van der Waals surface area contributed by atoms with Gasteiger partial charge in [-0.05, 0) is 112 Å². The summed E-state index contributed by atoms with van der Waals surface area (Å²) in [6, 6.07) is 21.2. The van der Waals surface area contributed by atoms with Gasteiger partial charge in [-0.3, -0.25) is 4.72 Å². The number of benzene rings is 3. The molecular formula is C33H35FN6O2S. The van der Waals surface area contributed by atoms with Crippen molar-refractivity contribution in [2.75, 3.05) is 30.2 Å². The van der Waals surface area contributed by atoms with Crippen molar-refractivity contribution in [2.45, 2.75) is 37.6 Å². The van der Waals surface area contributed by atoms with E-state index < -0.39 is 20.7 Å². The zero-order valence-corrected chi connectivity index (χ0v) is 25.1. The molecule has 1 aliphatic rings. The third-order valence-corrected chi connectivity index (χ3v) is 9.55. The van der Waals surface area contributed by atoms with Crippen LogP contribution in [0.4, 0.5) is 21.6 Å². The van der Waals surface area contributed by atoms with Gasteiger partial charge < -0.3 is 14.8 Å². The number of fused-ring (bicyclic) bond motifs is 1. The third-order valence-electron chi connectivity index (χ3n) is 8.14. The number of hydrogen-bond donors (Lipinski definition) is 2. The number of likely N-dealkylation sites (tertiary alicyclic amines) is 1. The lowest BCUT2D eigenvalue weighted by atomic mass is 9.94. The Bertz CT molecular complexity index is 1850. The van der Waals surface area contributed by atoms with Gasteiger partial charge in [-0.25, -0.2) is 22.8 Å². The maximum absolute atomic E-state index is 14.3. The van der Waals surface area contributed by atoms with Crippen molar-refractivity contribution < 1.29 is 12.8 Å². The maximum atomic E-state index is 14.3. The fraction of sp³-hybridized carbons (Fsp3) is 0.273. The molecule has 0 aliphatic carbocycles. The Hall–Kier alpha value is -4.28. The van der Waals surface area contributed by atoms with Crippen molar-refractivity contribution >= 4 is 38.1 Å². The molecule has 0 spiro atoms. The number of sulfonamides is 1. The lowest BCUT2D eigenvalue weighted by Gasteiger charge is -2.29. The van der Waals surface area contributed by atoms with Crippen LogP contribution in [-0.2, 0) is 16.6 Å². The molecule has 0 amide bonds. The highest BCUT2D eigenvalue weighted by Crippen LogP contribution is 2.28. The highest BCUT2D eigenvalue weighted by atomic mass is 32.2. The number of nitrogens with zero attached hydrogens (tertiary/aromatic N) is 4. The molecule has 10 heteroatoms. The van der Waals surface area contributed by atoms with Gasteiger partial charge in [0.1, 0.15) is 22.9 Å². The van der Waals surface area contributed by atoms with Crippen LogP contribution in [0, 0.1) is 18.7 Å². The first-order valence-corrected chi connectivity index (χ1v) is 16.0. The molecule has 6 rings (SSSR count). The summed E-state index contributed by atoms with van der Waals surface area (Å²) >= 11 is 0. The molecule has 222 valence electrons. The van der Waals surface area contributed by atoms with Gasteiger partial charge in [0.25, 0.3) is 10.0 Å². The van der Waals surface area contributed by atoms with Crippen LogP contribution in [0.5, 0.6) is 0 Å². The first kappa shape index (κ1) is 28.8. The fourth-order valence-corrected chi connectivity index (χ4v) is 6.73. The number of nitrogens with one attached hydrogen (secondary N) is 2. The van der Waals surface area contributed by atoms with Gasteiger partial charge in [-0.2, -0.15) is 0 Å². The van der Waals surface area contributed by atoms with Crippen LogP contribution < -0.4 is 10.0 Å². The monoisotopic (exact) mass is 598 g/mol. The molecule has 2 aromatic heterocycles. The highest BCUT2D eigenvalue weighted by Gasteiger charge is 2.19. The Balaban J connectivity index is 1.11. The van der Waals surface area contributed by atoms with Gasteiger partial charge in [0, 0.05) is 46.6 Å². The second kappa shape index (κ2) is 12.1. The average Bonchev–Trinajstić information content (AvgIpc) is 3.40.